The molecule has 35 heavy (non-hydrogen) atoms. The van der Waals surface area contributed by atoms with Crippen molar-refractivity contribution in [2.24, 2.45) is 0 Å². The summed E-state index contributed by atoms with van der Waals surface area (Å²) in [7, 11) is 0. The van der Waals surface area contributed by atoms with Crippen LogP contribution in [0.2, 0.25) is 0 Å². The van der Waals surface area contributed by atoms with Gasteiger partial charge in [0.2, 0.25) is 0 Å². The van der Waals surface area contributed by atoms with Crippen LogP contribution < -0.4 is 15.0 Å². The lowest BCUT2D eigenvalue weighted by molar-refractivity contribution is -0.122. The number of aromatic nitrogens is 1. The molecule has 5 rings (SSSR count). The molecule has 1 aliphatic heterocycles. The Morgan fingerprint density at radius 2 is 1.63 bits per heavy atom. The number of pyridine rings is 1. The highest BCUT2D eigenvalue weighted by molar-refractivity contribution is 7.98. The normalized spacial score (nSPS) is 14.9. The number of amides is 2. The summed E-state index contributed by atoms with van der Waals surface area (Å²) in [6.45, 7) is 0. The van der Waals surface area contributed by atoms with Gasteiger partial charge in [-0.1, -0.05) is 36.4 Å². The van der Waals surface area contributed by atoms with Crippen molar-refractivity contribution >= 4 is 63.6 Å². The lowest BCUT2D eigenvalue weighted by atomic mass is 10.1. The number of rotatable bonds is 5. The molecule has 3 aromatic carbocycles. The zero-order valence-electron chi connectivity index (χ0n) is 18.6. The smallest absolute Gasteiger partial charge is 0.270 e. The van der Waals surface area contributed by atoms with Crippen molar-refractivity contribution in [3.8, 4) is 11.5 Å². The Morgan fingerprint density at radius 3 is 2.37 bits per heavy atom. The number of hydrogen-bond donors (Lipinski definition) is 1. The molecule has 4 aromatic rings. The number of thioether (sulfide) groups is 1. The van der Waals surface area contributed by atoms with Crippen LogP contribution in [-0.2, 0) is 9.59 Å². The minimum Gasteiger partial charge on any atom is -0.457 e. The molecule has 0 radical (unpaired) electrons. The first-order chi connectivity index (χ1) is 17.0. The third-order valence-electron chi connectivity index (χ3n) is 5.39. The monoisotopic (exact) mass is 497 g/mol. The van der Waals surface area contributed by atoms with Crippen molar-refractivity contribution in [2.45, 2.75) is 5.03 Å². The summed E-state index contributed by atoms with van der Waals surface area (Å²) in [5.41, 5.74) is 2.04. The predicted molar refractivity (Wildman–Crippen MR) is 143 cm³/mol. The van der Waals surface area contributed by atoms with Crippen LogP contribution in [0.15, 0.2) is 95.5 Å². The van der Waals surface area contributed by atoms with Crippen molar-refractivity contribution in [1.29, 1.82) is 0 Å². The van der Waals surface area contributed by atoms with Gasteiger partial charge >= 0.3 is 0 Å². The minimum absolute atomic E-state index is 0.0180. The molecule has 0 saturated carbocycles. The maximum atomic E-state index is 13.4. The van der Waals surface area contributed by atoms with Gasteiger partial charge in [-0.2, -0.15) is 0 Å². The molecule has 1 aliphatic rings. The van der Waals surface area contributed by atoms with Crippen LogP contribution in [-0.4, -0.2) is 28.2 Å². The Hall–Kier alpha value is -4.01. The number of ether oxygens (including phenoxy) is 1. The Balaban J connectivity index is 1.47. The first-order valence-electron chi connectivity index (χ1n) is 10.7. The van der Waals surface area contributed by atoms with Crippen LogP contribution in [0.4, 0.5) is 5.69 Å². The van der Waals surface area contributed by atoms with Gasteiger partial charge in [-0.05, 0) is 73.1 Å². The third-order valence-corrected chi connectivity index (χ3v) is 6.38. The molecule has 1 fully saturated rings. The highest BCUT2D eigenvalue weighted by atomic mass is 32.2. The van der Waals surface area contributed by atoms with E-state index < -0.39 is 11.8 Å². The van der Waals surface area contributed by atoms with E-state index in [9.17, 15) is 9.59 Å². The molecular weight excluding hydrogens is 478 g/mol. The Morgan fingerprint density at radius 1 is 0.943 bits per heavy atom. The van der Waals surface area contributed by atoms with Crippen LogP contribution in [0.5, 0.6) is 11.5 Å². The van der Waals surface area contributed by atoms with E-state index in [4.69, 9.17) is 17.0 Å². The van der Waals surface area contributed by atoms with Crippen LogP contribution >= 0.6 is 24.0 Å². The van der Waals surface area contributed by atoms with E-state index in [2.05, 4.69) is 10.3 Å². The number of fused-ring (bicyclic) bond motifs is 1. The average molecular weight is 498 g/mol. The SMILES string of the molecule is CSc1nc2ccccc2cc1/C=C1\C(=O)NC(=S)N(c2ccc(Oc3ccccc3)cc2)C1=O. The number of nitrogens with one attached hydrogen (secondary N) is 1. The van der Waals surface area contributed by atoms with Crippen molar-refractivity contribution in [3.63, 3.8) is 0 Å². The molecule has 1 saturated heterocycles. The van der Waals surface area contributed by atoms with E-state index in [1.54, 1.807) is 30.3 Å². The summed E-state index contributed by atoms with van der Waals surface area (Å²) >= 11 is 6.78. The summed E-state index contributed by atoms with van der Waals surface area (Å²) in [5.74, 6) is 0.272. The van der Waals surface area contributed by atoms with E-state index in [0.717, 1.165) is 15.9 Å². The summed E-state index contributed by atoms with van der Waals surface area (Å²) in [4.78, 5) is 32.2. The van der Waals surface area contributed by atoms with Gasteiger partial charge in [-0.15, -0.1) is 11.8 Å². The van der Waals surface area contributed by atoms with Crippen LogP contribution in [0.25, 0.3) is 17.0 Å². The second-order valence-corrected chi connectivity index (χ2v) is 8.83. The number of hydrogen-bond acceptors (Lipinski definition) is 6. The maximum absolute atomic E-state index is 13.4. The van der Waals surface area contributed by atoms with Crippen molar-refractivity contribution in [3.05, 3.63) is 96.1 Å². The average Bonchev–Trinajstić information content (AvgIpc) is 2.87. The number of anilines is 1. The number of carbonyl (C=O) groups is 2. The lowest BCUT2D eigenvalue weighted by Gasteiger charge is -2.29. The van der Waals surface area contributed by atoms with Crippen LogP contribution in [0.1, 0.15) is 5.56 Å². The second-order valence-electron chi connectivity index (χ2n) is 7.65. The van der Waals surface area contributed by atoms with Gasteiger partial charge in [0, 0.05) is 10.9 Å². The molecule has 0 spiro atoms. The quantitative estimate of drug-likeness (QED) is 0.168. The molecule has 0 bridgehead atoms. The first kappa shape index (κ1) is 22.8. The molecule has 2 heterocycles. The predicted octanol–water partition coefficient (Wildman–Crippen LogP) is 5.58. The largest absolute Gasteiger partial charge is 0.457 e. The van der Waals surface area contributed by atoms with E-state index in [0.29, 0.717) is 22.7 Å². The first-order valence-corrected chi connectivity index (χ1v) is 12.3. The van der Waals surface area contributed by atoms with Crippen LogP contribution in [0.3, 0.4) is 0 Å². The van der Waals surface area contributed by atoms with Crippen LogP contribution in [0, 0.1) is 0 Å². The fourth-order valence-electron chi connectivity index (χ4n) is 3.72. The molecule has 1 N–H and O–H groups in total. The number of carbonyl (C=O) groups excluding carboxylic acids is 2. The van der Waals surface area contributed by atoms with Gasteiger partial charge < -0.3 is 4.74 Å². The highest BCUT2D eigenvalue weighted by Gasteiger charge is 2.34. The number of thiocarbonyl (C=S) groups is 1. The molecular formula is C27H19N3O3S2. The summed E-state index contributed by atoms with van der Waals surface area (Å²) in [5, 5.41) is 4.29. The van der Waals surface area contributed by atoms with E-state index >= 15 is 0 Å². The van der Waals surface area contributed by atoms with Gasteiger partial charge in [0.1, 0.15) is 22.1 Å². The summed E-state index contributed by atoms with van der Waals surface area (Å²) in [6, 6.07) is 26.0. The third kappa shape index (κ3) is 4.66. The molecule has 6 nitrogen and oxygen atoms in total. The van der Waals surface area contributed by atoms with Gasteiger partial charge in [-0.3, -0.25) is 19.8 Å². The molecule has 2 amide bonds. The summed E-state index contributed by atoms with van der Waals surface area (Å²) < 4.78 is 5.83. The minimum atomic E-state index is -0.541. The van der Waals surface area contributed by atoms with Crippen molar-refractivity contribution in [1.82, 2.24) is 10.3 Å². The Bertz CT molecular complexity index is 1490. The topological polar surface area (TPSA) is 71.5 Å². The number of para-hydroxylation sites is 2. The zero-order valence-corrected chi connectivity index (χ0v) is 20.2. The van der Waals surface area contributed by atoms with Gasteiger partial charge in [0.25, 0.3) is 11.8 Å². The van der Waals surface area contributed by atoms with Crippen molar-refractivity contribution in [2.75, 3.05) is 11.2 Å². The fourth-order valence-corrected chi connectivity index (χ4v) is 4.54. The molecule has 0 unspecified atom stereocenters. The zero-order chi connectivity index (χ0) is 24.4. The molecule has 8 heteroatoms. The standard InChI is InChI=1S/C27H19N3O3S2/c1-35-25-18(15-17-7-5-6-10-23(17)28-25)16-22-24(31)29-27(34)30(26(22)32)19-11-13-21(14-12-19)33-20-8-3-2-4-9-20/h2-16H,1H3,(H,29,31,34)/b22-16+. The number of nitrogens with zero attached hydrogens (tertiary/aromatic N) is 2. The summed E-state index contributed by atoms with van der Waals surface area (Å²) in [6.07, 6.45) is 3.48. The molecule has 0 aliphatic carbocycles. The van der Waals surface area contributed by atoms with E-state index in [1.807, 2.05) is 66.9 Å². The van der Waals surface area contributed by atoms with Crippen molar-refractivity contribution < 1.29 is 14.3 Å². The van der Waals surface area contributed by atoms with Gasteiger partial charge in [0.05, 0.1) is 11.2 Å². The number of benzene rings is 3. The van der Waals surface area contributed by atoms with E-state index in [-0.39, 0.29) is 10.7 Å². The molecule has 0 atom stereocenters. The van der Waals surface area contributed by atoms with Gasteiger partial charge in [-0.25, -0.2) is 4.98 Å². The molecule has 1 aromatic heterocycles. The highest BCUT2D eigenvalue weighted by Crippen LogP contribution is 2.29. The second kappa shape index (κ2) is 9.69. The van der Waals surface area contributed by atoms with E-state index in [1.165, 1.54) is 16.7 Å². The Kier molecular flexibility index (Phi) is 6.31. The lowest BCUT2D eigenvalue weighted by Crippen LogP contribution is -2.54. The van der Waals surface area contributed by atoms with Gasteiger partial charge in [0.15, 0.2) is 5.11 Å². The fraction of sp³-hybridized carbons (Fsp3) is 0.0370. The maximum Gasteiger partial charge on any atom is 0.270 e. The Labute approximate surface area is 211 Å². The molecule has 172 valence electrons.